The van der Waals surface area contributed by atoms with E-state index in [1.54, 1.807) is 12.1 Å². The molecule has 4 rings (SSSR count). The van der Waals surface area contributed by atoms with E-state index in [0.29, 0.717) is 43.8 Å². The molecule has 1 aromatic heterocycles. The molecule has 33 heavy (non-hydrogen) atoms. The zero-order chi connectivity index (χ0) is 23.0. The van der Waals surface area contributed by atoms with Crippen molar-refractivity contribution in [2.24, 2.45) is 5.10 Å². The fourth-order valence-electron chi connectivity index (χ4n) is 3.20. The highest BCUT2D eigenvalue weighted by atomic mass is 16.6. The van der Waals surface area contributed by atoms with Crippen molar-refractivity contribution < 1.29 is 14.4 Å². The number of anilines is 4. The van der Waals surface area contributed by atoms with Crippen LogP contribution in [0.1, 0.15) is 5.56 Å². The van der Waals surface area contributed by atoms with E-state index in [9.17, 15) is 10.1 Å². The van der Waals surface area contributed by atoms with Gasteiger partial charge in [-0.25, -0.2) is 5.43 Å². The fourth-order valence-corrected chi connectivity index (χ4v) is 3.20. The van der Waals surface area contributed by atoms with Gasteiger partial charge in [0.1, 0.15) is 0 Å². The first-order valence-electron chi connectivity index (χ1n) is 10.2. The van der Waals surface area contributed by atoms with E-state index >= 15 is 0 Å². The number of morpholine rings is 1. The van der Waals surface area contributed by atoms with Crippen molar-refractivity contribution in [3.63, 3.8) is 0 Å². The fraction of sp³-hybridized carbons (Fsp3) is 0.238. The van der Waals surface area contributed by atoms with Crippen molar-refractivity contribution in [1.82, 2.24) is 15.0 Å². The van der Waals surface area contributed by atoms with Crippen molar-refractivity contribution in [3.8, 4) is 5.75 Å². The van der Waals surface area contributed by atoms with Gasteiger partial charge in [0.2, 0.25) is 23.6 Å². The van der Waals surface area contributed by atoms with Crippen molar-refractivity contribution in [2.75, 3.05) is 49.1 Å². The van der Waals surface area contributed by atoms with E-state index in [0.717, 1.165) is 5.69 Å². The number of methoxy groups -OCH3 is 1. The van der Waals surface area contributed by atoms with Gasteiger partial charge >= 0.3 is 5.69 Å². The van der Waals surface area contributed by atoms with Gasteiger partial charge in [0, 0.05) is 30.4 Å². The molecular weight excluding hydrogens is 428 g/mol. The summed E-state index contributed by atoms with van der Waals surface area (Å²) >= 11 is 0. The van der Waals surface area contributed by atoms with Gasteiger partial charge in [0.05, 0.1) is 31.5 Å². The van der Waals surface area contributed by atoms with Gasteiger partial charge in [-0.3, -0.25) is 10.1 Å². The van der Waals surface area contributed by atoms with Crippen LogP contribution in [0.15, 0.2) is 53.6 Å². The van der Waals surface area contributed by atoms with Crippen LogP contribution < -0.4 is 20.4 Å². The maximum absolute atomic E-state index is 11.2. The molecule has 0 radical (unpaired) electrons. The lowest BCUT2D eigenvalue weighted by Gasteiger charge is -2.27. The van der Waals surface area contributed by atoms with E-state index in [-0.39, 0.29) is 17.4 Å². The summed E-state index contributed by atoms with van der Waals surface area (Å²) in [6.07, 6.45) is 1.41. The summed E-state index contributed by atoms with van der Waals surface area (Å²) in [5, 5.41) is 18.5. The third-order valence-electron chi connectivity index (χ3n) is 4.74. The van der Waals surface area contributed by atoms with Crippen LogP contribution in [-0.2, 0) is 4.74 Å². The molecule has 12 nitrogen and oxygen atoms in total. The maximum Gasteiger partial charge on any atom is 0.311 e. The molecular formula is C21H22N8O4. The molecule has 0 atom stereocenters. The number of nitro benzene ring substituents is 1. The molecule has 1 saturated heterocycles. The summed E-state index contributed by atoms with van der Waals surface area (Å²) in [6.45, 7) is 2.48. The zero-order valence-electron chi connectivity index (χ0n) is 17.8. The summed E-state index contributed by atoms with van der Waals surface area (Å²) in [5.74, 6) is 1.16. The molecule has 0 unspecified atom stereocenters. The van der Waals surface area contributed by atoms with Crippen LogP contribution >= 0.6 is 0 Å². The largest absolute Gasteiger partial charge is 0.490 e. The van der Waals surface area contributed by atoms with Crippen molar-refractivity contribution in [3.05, 3.63) is 64.2 Å². The Balaban J connectivity index is 1.59. The van der Waals surface area contributed by atoms with Crippen LogP contribution in [0.4, 0.5) is 29.2 Å². The van der Waals surface area contributed by atoms with E-state index in [1.807, 2.05) is 35.2 Å². The predicted molar refractivity (Wildman–Crippen MR) is 123 cm³/mol. The van der Waals surface area contributed by atoms with E-state index in [1.165, 1.54) is 19.4 Å². The second-order valence-corrected chi connectivity index (χ2v) is 6.90. The van der Waals surface area contributed by atoms with Crippen LogP contribution in [0.3, 0.4) is 0 Å². The number of hydrogen-bond donors (Lipinski definition) is 2. The van der Waals surface area contributed by atoms with Gasteiger partial charge in [0.15, 0.2) is 0 Å². The van der Waals surface area contributed by atoms with Crippen LogP contribution in [0.25, 0.3) is 0 Å². The monoisotopic (exact) mass is 450 g/mol. The maximum atomic E-state index is 11.2. The number of nitrogens with one attached hydrogen (secondary N) is 2. The van der Waals surface area contributed by atoms with Gasteiger partial charge in [-0.2, -0.15) is 20.1 Å². The molecule has 0 saturated carbocycles. The van der Waals surface area contributed by atoms with Crippen molar-refractivity contribution >= 4 is 35.4 Å². The number of benzene rings is 2. The Bertz CT molecular complexity index is 1140. The topological polar surface area (TPSA) is 140 Å². The van der Waals surface area contributed by atoms with Crippen molar-refractivity contribution in [1.29, 1.82) is 0 Å². The molecule has 2 heterocycles. The molecule has 1 aliphatic rings. The minimum atomic E-state index is -0.508. The number of aromatic nitrogens is 3. The molecule has 0 aliphatic carbocycles. The summed E-state index contributed by atoms with van der Waals surface area (Å²) in [7, 11) is 1.37. The van der Waals surface area contributed by atoms with Crippen LogP contribution in [0.2, 0.25) is 0 Å². The van der Waals surface area contributed by atoms with Crippen LogP contribution in [0, 0.1) is 10.1 Å². The first-order valence-corrected chi connectivity index (χ1v) is 10.2. The molecule has 0 bridgehead atoms. The highest BCUT2D eigenvalue weighted by molar-refractivity contribution is 5.86. The van der Waals surface area contributed by atoms with E-state index in [2.05, 4.69) is 30.8 Å². The number of hydrogen-bond acceptors (Lipinski definition) is 11. The molecule has 2 N–H and O–H groups in total. The molecule has 170 valence electrons. The number of ether oxygens (including phenoxy) is 2. The van der Waals surface area contributed by atoms with Gasteiger partial charge in [-0.05, 0) is 18.2 Å². The highest BCUT2D eigenvalue weighted by Crippen LogP contribution is 2.29. The first-order chi connectivity index (χ1) is 16.1. The van der Waals surface area contributed by atoms with E-state index < -0.39 is 4.92 Å². The van der Waals surface area contributed by atoms with Gasteiger partial charge in [-0.15, -0.1) is 0 Å². The smallest absolute Gasteiger partial charge is 0.311 e. The number of nitrogens with zero attached hydrogens (tertiary/aromatic N) is 6. The van der Waals surface area contributed by atoms with Crippen LogP contribution in [-0.4, -0.2) is 59.5 Å². The van der Waals surface area contributed by atoms with Gasteiger partial charge in [-0.1, -0.05) is 24.3 Å². The third kappa shape index (κ3) is 5.49. The number of hydrazone groups is 1. The molecule has 1 aliphatic heterocycles. The molecule has 3 aromatic rings. The first kappa shape index (κ1) is 21.9. The lowest BCUT2D eigenvalue weighted by Crippen LogP contribution is -2.37. The molecule has 0 amide bonds. The second kappa shape index (κ2) is 10.3. The van der Waals surface area contributed by atoms with Gasteiger partial charge < -0.3 is 19.7 Å². The number of para-hydroxylation sites is 2. The lowest BCUT2D eigenvalue weighted by atomic mass is 10.2. The van der Waals surface area contributed by atoms with Gasteiger partial charge in [0.25, 0.3) is 0 Å². The minimum Gasteiger partial charge on any atom is -0.490 e. The van der Waals surface area contributed by atoms with Crippen LogP contribution in [0.5, 0.6) is 5.75 Å². The Morgan fingerprint density at radius 3 is 2.58 bits per heavy atom. The third-order valence-corrected chi connectivity index (χ3v) is 4.74. The molecule has 1 fully saturated rings. The van der Waals surface area contributed by atoms with Crippen molar-refractivity contribution in [2.45, 2.75) is 0 Å². The number of rotatable bonds is 8. The van der Waals surface area contributed by atoms with E-state index in [4.69, 9.17) is 9.47 Å². The average Bonchev–Trinajstić information content (AvgIpc) is 2.85. The summed E-state index contributed by atoms with van der Waals surface area (Å²) in [6, 6.07) is 14.1. The Labute approximate surface area is 189 Å². The SMILES string of the molecule is COc1c(C=NNc2nc(Nc3ccccc3)nc(N3CCOCC3)n2)cccc1[N+](=O)[O-]. The quantitative estimate of drug-likeness (QED) is 0.299. The highest BCUT2D eigenvalue weighted by Gasteiger charge is 2.18. The second-order valence-electron chi connectivity index (χ2n) is 6.90. The zero-order valence-corrected chi connectivity index (χ0v) is 17.8. The molecule has 2 aromatic carbocycles. The Morgan fingerprint density at radius 2 is 1.85 bits per heavy atom. The standard InChI is InChI=1S/C21H22N8O4/c1-32-18-15(6-5-9-17(18)29(30)31)14-22-27-20-24-19(23-16-7-3-2-4-8-16)25-21(26-20)28-10-12-33-13-11-28/h2-9,14H,10-13H2,1H3,(H2,23,24,25,26,27). The predicted octanol–water partition coefficient (Wildman–Crippen LogP) is 2.81. The Hall–Kier alpha value is -4.32. The molecule has 12 heteroatoms. The summed E-state index contributed by atoms with van der Waals surface area (Å²) in [5.41, 5.74) is 3.90. The summed E-state index contributed by atoms with van der Waals surface area (Å²) < 4.78 is 10.6. The minimum absolute atomic E-state index is 0.115. The Kier molecular flexibility index (Phi) is 6.85. The Morgan fingerprint density at radius 1 is 1.09 bits per heavy atom. The summed E-state index contributed by atoms with van der Waals surface area (Å²) in [4.78, 5) is 26.1. The number of nitro groups is 1. The normalized spacial score (nSPS) is 13.7. The molecule has 0 spiro atoms. The lowest BCUT2D eigenvalue weighted by molar-refractivity contribution is -0.385. The average molecular weight is 450 g/mol.